The molecule has 1 unspecified atom stereocenters. The maximum absolute atomic E-state index is 5.25. The van der Waals surface area contributed by atoms with Gasteiger partial charge in [0.15, 0.2) is 11.8 Å². The van der Waals surface area contributed by atoms with Gasteiger partial charge in [-0.05, 0) is 34.7 Å². The Labute approximate surface area is 170 Å². The van der Waals surface area contributed by atoms with Crippen LogP contribution in [0.3, 0.4) is 0 Å². The Morgan fingerprint density at radius 3 is 2.72 bits per heavy atom. The van der Waals surface area contributed by atoms with E-state index in [2.05, 4.69) is 63.4 Å². The van der Waals surface area contributed by atoms with Crippen molar-refractivity contribution in [1.82, 2.24) is 20.8 Å². The molecule has 25 heavy (non-hydrogen) atoms. The van der Waals surface area contributed by atoms with E-state index in [0.717, 1.165) is 37.7 Å². The maximum Gasteiger partial charge on any atom is 0.226 e. The van der Waals surface area contributed by atoms with Crippen LogP contribution in [0.15, 0.2) is 26.3 Å². The van der Waals surface area contributed by atoms with Gasteiger partial charge in [-0.25, -0.2) is 0 Å². The molecule has 0 aromatic carbocycles. The predicted molar refractivity (Wildman–Crippen MR) is 114 cm³/mol. The van der Waals surface area contributed by atoms with Crippen molar-refractivity contribution in [2.45, 2.75) is 45.4 Å². The first-order valence-electron chi connectivity index (χ1n) is 8.39. The molecule has 0 spiro atoms. The van der Waals surface area contributed by atoms with E-state index in [9.17, 15) is 0 Å². The first-order chi connectivity index (χ1) is 11.6. The SMILES string of the molecule is CN=C(NCCCc1nc(C(C)C)no1)NCC(C)c1ccsc1.I. The Balaban J connectivity index is 0.00000312. The van der Waals surface area contributed by atoms with Crippen LogP contribution in [0.4, 0.5) is 0 Å². The first kappa shape index (κ1) is 21.9. The highest BCUT2D eigenvalue weighted by molar-refractivity contribution is 14.0. The van der Waals surface area contributed by atoms with Gasteiger partial charge in [-0.1, -0.05) is 25.9 Å². The lowest BCUT2D eigenvalue weighted by molar-refractivity contribution is 0.368. The number of aromatic nitrogens is 2. The molecule has 2 aromatic rings. The van der Waals surface area contributed by atoms with Crippen LogP contribution in [-0.2, 0) is 6.42 Å². The van der Waals surface area contributed by atoms with Crippen LogP contribution in [0.1, 0.15) is 56.3 Å². The van der Waals surface area contributed by atoms with E-state index in [-0.39, 0.29) is 24.0 Å². The van der Waals surface area contributed by atoms with Crippen LogP contribution in [0.2, 0.25) is 0 Å². The molecule has 0 aliphatic rings. The van der Waals surface area contributed by atoms with Gasteiger partial charge >= 0.3 is 0 Å². The van der Waals surface area contributed by atoms with Gasteiger partial charge in [-0.3, -0.25) is 4.99 Å². The Morgan fingerprint density at radius 1 is 1.32 bits per heavy atom. The third kappa shape index (κ3) is 7.31. The second-order valence-electron chi connectivity index (χ2n) is 6.14. The lowest BCUT2D eigenvalue weighted by atomic mass is 10.1. The zero-order valence-electron chi connectivity index (χ0n) is 15.3. The Kier molecular flexibility index (Phi) is 10.0. The molecule has 0 saturated carbocycles. The normalized spacial score (nSPS) is 12.8. The molecule has 2 rings (SSSR count). The molecule has 140 valence electrons. The van der Waals surface area contributed by atoms with E-state index < -0.39 is 0 Å². The number of guanidine groups is 1. The van der Waals surface area contributed by atoms with E-state index in [1.54, 1.807) is 18.4 Å². The average Bonchev–Trinajstić information content (AvgIpc) is 3.25. The van der Waals surface area contributed by atoms with Gasteiger partial charge in [0.25, 0.3) is 0 Å². The van der Waals surface area contributed by atoms with Crippen molar-refractivity contribution in [2.75, 3.05) is 20.1 Å². The number of aryl methyl sites for hydroxylation is 1. The summed E-state index contributed by atoms with van der Waals surface area (Å²) in [5, 5.41) is 15.0. The summed E-state index contributed by atoms with van der Waals surface area (Å²) in [5.41, 5.74) is 1.36. The summed E-state index contributed by atoms with van der Waals surface area (Å²) in [5.74, 6) is 3.06. The van der Waals surface area contributed by atoms with Crippen LogP contribution in [0, 0.1) is 0 Å². The van der Waals surface area contributed by atoms with Gasteiger partial charge in [-0.15, -0.1) is 24.0 Å². The van der Waals surface area contributed by atoms with Crippen LogP contribution in [0.25, 0.3) is 0 Å². The second kappa shape index (κ2) is 11.5. The van der Waals surface area contributed by atoms with Gasteiger partial charge < -0.3 is 15.2 Å². The van der Waals surface area contributed by atoms with E-state index in [4.69, 9.17) is 4.52 Å². The molecule has 0 bridgehead atoms. The monoisotopic (exact) mass is 477 g/mol. The number of halogens is 1. The van der Waals surface area contributed by atoms with Crippen LogP contribution >= 0.6 is 35.3 Å². The van der Waals surface area contributed by atoms with Gasteiger partial charge in [0, 0.05) is 32.5 Å². The smallest absolute Gasteiger partial charge is 0.226 e. The molecule has 0 saturated heterocycles. The summed E-state index contributed by atoms with van der Waals surface area (Å²) in [6.07, 6.45) is 1.69. The molecular weight excluding hydrogens is 449 g/mol. The summed E-state index contributed by atoms with van der Waals surface area (Å²) in [7, 11) is 1.79. The Morgan fingerprint density at radius 2 is 2.12 bits per heavy atom. The summed E-state index contributed by atoms with van der Waals surface area (Å²) in [4.78, 5) is 8.64. The van der Waals surface area contributed by atoms with Crippen LogP contribution in [-0.4, -0.2) is 36.2 Å². The second-order valence-corrected chi connectivity index (χ2v) is 6.92. The van der Waals surface area contributed by atoms with Crippen LogP contribution < -0.4 is 10.6 Å². The quantitative estimate of drug-likeness (QED) is 0.262. The van der Waals surface area contributed by atoms with Crippen LogP contribution in [0.5, 0.6) is 0 Å². The zero-order chi connectivity index (χ0) is 17.4. The molecule has 2 aromatic heterocycles. The highest BCUT2D eigenvalue weighted by Gasteiger charge is 2.10. The molecule has 2 heterocycles. The fourth-order valence-corrected chi connectivity index (χ4v) is 2.98. The molecule has 6 nitrogen and oxygen atoms in total. The van der Waals surface area contributed by atoms with Gasteiger partial charge in [0.05, 0.1) is 0 Å². The number of thiophene rings is 1. The number of hydrogen-bond acceptors (Lipinski definition) is 5. The van der Waals surface area contributed by atoms with Crippen molar-refractivity contribution in [3.05, 3.63) is 34.1 Å². The minimum absolute atomic E-state index is 0. The minimum Gasteiger partial charge on any atom is -0.356 e. The summed E-state index contributed by atoms with van der Waals surface area (Å²) in [6.45, 7) is 8.00. The molecule has 2 N–H and O–H groups in total. The van der Waals surface area contributed by atoms with Crippen molar-refractivity contribution >= 4 is 41.3 Å². The van der Waals surface area contributed by atoms with Crippen molar-refractivity contribution in [3.63, 3.8) is 0 Å². The van der Waals surface area contributed by atoms with Gasteiger partial charge in [0.2, 0.25) is 5.89 Å². The number of hydrogen-bond donors (Lipinski definition) is 2. The van der Waals surface area contributed by atoms with Crippen molar-refractivity contribution in [2.24, 2.45) is 4.99 Å². The largest absolute Gasteiger partial charge is 0.356 e. The summed E-state index contributed by atoms with van der Waals surface area (Å²) >= 11 is 1.73. The van der Waals surface area contributed by atoms with E-state index in [1.165, 1.54) is 5.56 Å². The van der Waals surface area contributed by atoms with E-state index >= 15 is 0 Å². The topological polar surface area (TPSA) is 75.3 Å². The highest BCUT2D eigenvalue weighted by Crippen LogP contribution is 2.17. The number of aliphatic imine (C=N–C) groups is 1. The number of rotatable bonds is 8. The minimum atomic E-state index is 0. The molecule has 0 radical (unpaired) electrons. The molecule has 0 aliphatic heterocycles. The fourth-order valence-electron chi connectivity index (χ4n) is 2.19. The standard InChI is InChI=1S/C17H27N5OS.HI/c1-12(2)16-21-15(23-22-16)6-5-8-19-17(18-4)20-10-13(3)14-7-9-24-11-14;/h7,9,11-13H,5-6,8,10H2,1-4H3,(H2,18,19,20);1H. The first-order valence-corrected chi connectivity index (χ1v) is 9.33. The number of nitrogens with zero attached hydrogens (tertiary/aromatic N) is 3. The lowest BCUT2D eigenvalue weighted by Crippen LogP contribution is -2.39. The summed E-state index contributed by atoms with van der Waals surface area (Å²) < 4.78 is 5.25. The van der Waals surface area contributed by atoms with Gasteiger partial charge in [0.1, 0.15) is 0 Å². The average molecular weight is 477 g/mol. The van der Waals surface area contributed by atoms with Crippen molar-refractivity contribution < 1.29 is 4.52 Å². The zero-order valence-corrected chi connectivity index (χ0v) is 18.4. The highest BCUT2D eigenvalue weighted by atomic mass is 127. The third-order valence-corrected chi connectivity index (χ3v) is 4.47. The molecule has 0 amide bonds. The Hall–Kier alpha value is -1.16. The Bertz CT molecular complexity index is 627. The van der Waals surface area contributed by atoms with Crippen molar-refractivity contribution in [1.29, 1.82) is 0 Å². The third-order valence-electron chi connectivity index (χ3n) is 3.77. The molecular formula is C17H28IN5OS. The molecule has 8 heteroatoms. The van der Waals surface area contributed by atoms with E-state index in [1.807, 2.05) is 0 Å². The molecule has 0 fully saturated rings. The molecule has 0 aliphatic carbocycles. The fraction of sp³-hybridized carbons (Fsp3) is 0.588. The lowest BCUT2D eigenvalue weighted by Gasteiger charge is -2.15. The molecule has 1 atom stereocenters. The maximum atomic E-state index is 5.25. The predicted octanol–water partition coefficient (Wildman–Crippen LogP) is 3.77. The van der Waals surface area contributed by atoms with Crippen molar-refractivity contribution in [3.8, 4) is 0 Å². The summed E-state index contributed by atoms with van der Waals surface area (Å²) in [6, 6.07) is 2.17. The number of nitrogens with one attached hydrogen (secondary N) is 2. The van der Waals surface area contributed by atoms with E-state index in [0.29, 0.717) is 17.7 Å². The van der Waals surface area contributed by atoms with Gasteiger partial charge in [-0.2, -0.15) is 16.3 Å².